The Balaban J connectivity index is 2.89. The summed E-state index contributed by atoms with van der Waals surface area (Å²) in [5.41, 5.74) is -0.943. The molecule has 92 valence electrons. The van der Waals surface area contributed by atoms with E-state index in [0.717, 1.165) is 25.7 Å². The molecular formula is C12H20O4. The number of ether oxygens (including phenoxy) is 2. The van der Waals surface area contributed by atoms with E-state index in [1.165, 1.54) is 14.2 Å². The van der Waals surface area contributed by atoms with Gasteiger partial charge in [0.25, 0.3) is 0 Å². The Hall–Kier alpha value is -0.900. The van der Waals surface area contributed by atoms with E-state index in [0.29, 0.717) is 12.8 Å². The van der Waals surface area contributed by atoms with E-state index >= 15 is 0 Å². The van der Waals surface area contributed by atoms with Crippen LogP contribution in [-0.4, -0.2) is 32.6 Å². The van der Waals surface area contributed by atoms with E-state index in [9.17, 15) is 9.59 Å². The van der Waals surface area contributed by atoms with Gasteiger partial charge in [0.05, 0.1) is 7.11 Å². The third-order valence-electron chi connectivity index (χ3n) is 3.34. The van der Waals surface area contributed by atoms with Gasteiger partial charge in [-0.25, -0.2) is 0 Å². The topological polar surface area (TPSA) is 52.6 Å². The van der Waals surface area contributed by atoms with Crippen molar-refractivity contribution in [2.75, 3.05) is 20.8 Å². The van der Waals surface area contributed by atoms with Crippen molar-refractivity contribution in [3.63, 3.8) is 0 Å². The predicted octanol–water partition coefficient (Wildman–Crippen LogP) is 1.72. The van der Waals surface area contributed by atoms with Gasteiger partial charge >= 0.3 is 5.97 Å². The van der Waals surface area contributed by atoms with Crippen molar-refractivity contribution in [2.24, 2.45) is 5.41 Å². The van der Waals surface area contributed by atoms with Gasteiger partial charge in [-0.05, 0) is 12.8 Å². The second kappa shape index (κ2) is 5.99. The Bertz CT molecular complexity index is 252. The molecule has 0 spiro atoms. The fraction of sp³-hybridized carbons (Fsp3) is 0.833. The van der Waals surface area contributed by atoms with Crippen LogP contribution in [0.15, 0.2) is 0 Å². The molecule has 0 amide bonds. The Morgan fingerprint density at radius 3 is 2.06 bits per heavy atom. The van der Waals surface area contributed by atoms with Gasteiger partial charge in [0.1, 0.15) is 12.0 Å². The Labute approximate surface area is 96.3 Å². The number of Topliss-reactive ketones (excluding diaryl/α,β-unsaturated/α-hetero) is 1. The second-order valence-corrected chi connectivity index (χ2v) is 4.34. The molecule has 0 aromatic heterocycles. The zero-order valence-corrected chi connectivity index (χ0v) is 10.1. The van der Waals surface area contributed by atoms with Gasteiger partial charge in [-0.2, -0.15) is 0 Å². The first kappa shape index (κ1) is 13.2. The lowest BCUT2D eigenvalue weighted by molar-refractivity contribution is -0.160. The zero-order chi connectivity index (χ0) is 12.0. The average molecular weight is 228 g/mol. The van der Waals surface area contributed by atoms with Gasteiger partial charge in [-0.15, -0.1) is 0 Å². The van der Waals surface area contributed by atoms with Crippen LogP contribution in [0.25, 0.3) is 0 Å². The maximum Gasteiger partial charge on any atom is 0.319 e. The van der Waals surface area contributed by atoms with E-state index in [1.807, 2.05) is 0 Å². The van der Waals surface area contributed by atoms with Crippen LogP contribution in [0, 0.1) is 5.41 Å². The summed E-state index contributed by atoms with van der Waals surface area (Å²) >= 11 is 0. The number of methoxy groups -OCH3 is 2. The van der Waals surface area contributed by atoms with E-state index in [1.54, 1.807) is 0 Å². The number of ketones is 1. The normalized spacial score (nSPS) is 19.9. The highest BCUT2D eigenvalue weighted by Crippen LogP contribution is 2.37. The summed E-state index contributed by atoms with van der Waals surface area (Å²) in [6.07, 6.45) is 5.18. The molecule has 0 aliphatic heterocycles. The van der Waals surface area contributed by atoms with E-state index in [-0.39, 0.29) is 12.4 Å². The van der Waals surface area contributed by atoms with Crippen LogP contribution >= 0.6 is 0 Å². The van der Waals surface area contributed by atoms with Crippen LogP contribution in [0.5, 0.6) is 0 Å². The predicted molar refractivity (Wildman–Crippen MR) is 59.0 cm³/mol. The molecule has 1 aliphatic rings. The molecule has 16 heavy (non-hydrogen) atoms. The SMILES string of the molecule is COCC(=O)C1(C(=O)OC)CCCCCC1. The molecule has 4 heteroatoms. The van der Waals surface area contributed by atoms with E-state index < -0.39 is 11.4 Å². The smallest absolute Gasteiger partial charge is 0.319 e. The molecule has 1 aliphatic carbocycles. The summed E-state index contributed by atoms with van der Waals surface area (Å²) < 4.78 is 9.66. The number of carbonyl (C=O) groups is 2. The van der Waals surface area contributed by atoms with Crippen molar-refractivity contribution in [2.45, 2.75) is 38.5 Å². The van der Waals surface area contributed by atoms with Crippen molar-refractivity contribution in [3.05, 3.63) is 0 Å². The van der Waals surface area contributed by atoms with Gasteiger partial charge in [0, 0.05) is 7.11 Å². The first-order chi connectivity index (χ1) is 7.67. The van der Waals surface area contributed by atoms with Gasteiger partial charge in [-0.1, -0.05) is 25.7 Å². The van der Waals surface area contributed by atoms with Gasteiger partial charge in [0.15, 0.2) is 5.78 Å². The van der Waals surface area contributed by atoms with Crippen LogP contribution in [0.2, 0.25) is 0 Å². The van der Waals surface area contributed by atoms with Crippen molar-refractivity contribution in [3.8, 4) is 0 Å². The fourth-order valence-electron chi connectivity index (χ4n) is 2.39. The van der Waals surface area contributed by atoms with Crippen molar-refractivity contribution < 1.29 is 19.1 Å². The van der Waals surface area contributed by atoms with Crippen molar-refractivity contribution >= 4 is 11.8 Å². The third-order valence-corrected chi connectivity index (χ3v) is 3.34. The summed E-state index contributed by atoms with van der Waals surface area (Å²) in [7, 11) is 2.81. The van der Waals surface area contributed by atoms with Crippen molar-refractivity contribution in [1.29, 1.82) is 0 Å². The largest absolute Gasteiger partial charge is 0.468 e. The molecule has 0 aromatic rings. The molecule has 0 bridgehead atoms. The lowest BCUT2D eigenvalue weighted by Crippen LogP contribution is -2.42. The maximum atomic E-state index is 12.0. The molecule has 4 nitrogen and oxygen atoms in total. The average Bonchev–Trinajstić information content (AvgIpc) is 2.54. The molecule has 1 fully saturated rings. The summed E-state index contributed by atoms with van der Waals surface area (Å²) in [6.45, 7) is -0.00486. The summed E-state index contributed by atoms with van der Waals surface area (Å²) in [4.78, 5) is 23.9. The van der Waals surface area contributed by atoms with E-state index in [2.05, 4.69) is 0 Å². The standard InChI is InChI=1S/C12H20O4/c1-15-9-10(13)12(11(14)16-2)7-5-3-4-6-8-12/h3-9H2,1-2H3. The van der Waals surface area contributed by atoms with Crippen molar-refractivity contribution in [1.82, 2.24) is 0 Å². The number of esters is 1. The van der Waals surface area contributed by atoms with Crippen LogP contribution in [0.3, 0.4) is 0 Å². The molecular weight excluding hydrogens is 208 g/mol. The number of rotatable bonds is 4. The molecule has 0 radical (unpaired) electrons. The third kappa shape index (κ3) is 2.61. The molecule has 0 aromatic carbocycles. The Kier molecular flexibility index (Phi) is 4.93. The Morgan fingerprint density at radius 1 is 1.06 bits per heavy atom. The van der Waals surface area contributed by atoms with Gasteiger partial charge in [-0.3, -0.25) is 9.59 Å². The quantitative estimate of drug-likeness (QED) is 0.417. The molecule has 0 saturated heterocycles. The Morgan fingerprint density at radius 2 is 1.62 bits per heavy atom. The lowest BCUT2D eigenvalue weighted by atomic mass is 9.76. The minimum absolute atomic E-state index is 0.00486. The first-order valence-electron chi connectivity index (χ1n) is 5.78. The molecule has 0 atom stereocenters. The van der Waals surface area contributed by atoms with Gasteiger partial charge < -0.3 is 9.47 Å². The lowest BCUT2D eigenvalue weighted by Gasteiger charge is -2.27. The summed E-state index contributed by atoms with van der Waals surface area (Å²) in [5, 5.41) is 0. The molecule has 0 N–H and O–H groups in total. The van der Waals surface area contributed by atoms with Crippen LogP contribution in [0.4, 0.5) is 0 Å². The van der Waals surface area contributed by atoms with Gasteiger partial charge in [0.2, 0.25) is 0 Å². The molecule has 1 rings (SSSR count). The first-order valence-corrected chi connectivity index (χ1v) is 5.78. The second-order valence-electron chi connectivity index (χ2n) is 4.34. The molecule has 0 unspecified atom stereocenters. The maximum absolute atomic E-state index is 12.0. The highest BCUT2D eigenvalue weighted by atomic mass is 16.5. The monoisotopic (exact) mass is 228 g/mol. The zero-order valence-electron chi connectivity index (χ0n) is 10.1. The summed E-state index contributed by atoms with van der Waals surface area (Å²) in [5.74, 6) is -0.528. The minimum Gasteiger partial charge on any atom is -0.468 e. The molecule has 0 heterocycles. The fourth-order valence-corrected chi connectivity index (χ4v) is 2.39. The summed E-state index contributed by atoms with van der Waals surface area (Å²) in [6, 6.07) is 0. The molecule has 1 saturated carbocycles. The minimum atomic E-state index is -0.943. The van der Waals surface area contributed by atoms with E-state index in [4.69, 9.17) is 9.47 Å². The van der Waals surface area contributed by atoms with Crippen LogP contribution in [-0.2, 0) is 19.1 Å². The number of hydrogen-bond donors (Lipinski definition) is 0. The van der Waals surface area contributed by atoms with Crippen LogP contribution < -0.4 is 0 Å². The number of carbonyl (C=O) groups excluding carboxylic acids is 2. The number of hydrogen-bond acceptors (Lipinski definition) is 4. The highest BCUT2D eigenvalue weighted by molar-refractivity contribution is 6.04. The highest BCUT2D eigenvalue weighted by Gasteiger charge is 2.46. The van der Waals surface area contributed by atoms with Crippen LogP contribution in [0.1, 0.15) is 38.5 Å².